The van der Waals surface area contributed by atoms with E-state index in [-0.39, 0.29) is 29.6 Å². The number of alkyl halides is 2. The summed E-state index contributed by atoms with van der Waals surface area (Å²) in [6.07, 6.45) is -2.93. The highest BCUT2D eigenvalue weighted by Crippen LogP contribution is 2.31. The molecule has 0 fully saturated rings. The van der Waals surface area contributed by atoms with E-state index in [0.29, 0.717) is 0 Å². The molecule has 0 N–H and O–H groups in total. The molecule has 0 aliphatic heterocycles. The summed E-state index contributed by atoms with van der Waals surface area (Å²) in [4.78, 5) is 15.0. The summed E-state index contributed by atoms with van der Waals surface area (Å²) in [6.45, 7) is 1.89. The van der Waals surface area contributed by atoms with Gasteiger partial charge in [-0.1, -0.05) is 11.6 Å². The van der Waals surface area contributed by atoms with Gasteiger partial charge in [0.1, 0.15) is 10.9 Å². The van der Waals surface area contributed by atoms with E-state index in [1.165, 1.54) is 7.11 Å². The maximum Gasteiger partial charge on any atom is 0.312 e. The van der Waals surface area contributed by atoms with E-state index in [9.17, 15) is 13.6 Å². The molecule has 100 valence electrons. The highest BCUT2D eigenvalue weighted by molar-refractivity contribution is 6.30. The number of hydrogen-bond acceptors (Lipinski definition) is 4. The number of nitrogens with zero attached hydrogens (tertiary/aromatic N) is 1. The van der Waals surface area contributed by atoms with Gasteiger partial charge in [0.05, 0.1) is 31.4 Å². The van der Waals surface area contributed by atoms with Crippen molar-refractivity contribution in [2.24, 2.45) is 0 Å². The minimum absolute atomic E-state index is 0.0859. The number of halogens is 3. The molecule has 1 aromatic rings. The average molecular weight is 280 g/mol. The van der Waals surface area contributed by atoms with Crippen molar-refractivity contribution in [2.75, 3.05) is 13.7 Å². The number of methoxy groups -OCH3 is 1. The lowest BCUT2D eigenvalue weighted by Crippen LogP contribution is -2.10. The Balaban J connectivity index is 3.05. The fourth-order valence-corrected chi connectivity index (χ4v) is 1.57. The summed E-state index contributed by atoms with van der Waals surface area (Å²) in [5, 5.41) is -0.343. The summed E-state index contributed by atoms with van der Waals surface area (Å²) in [7, 11) is 1.30. The van der Waals surface area contributed by atoms with Crippen LogP contribution in [-0.2, 0) is 16.0 Å². The molecule has 1 rings (SSSR count). The number of esters is 1. The third-order valence-electron chi connectivity index (χ3n) is 2.11. The Morgan fingerprint density at radius 2 is 2.22 bits per heavy atom. The molecular formula is C11H12ClF2NO3. The standard InChI is InChI=1S/C11H12ClF2NO3/c1-3-18-9(16)5-7-8(17-2)4-6(11(13)14)10(12)15-7/h4,11H,3,5H2,1-2H3. The molecular weight excluding hydrogens is 268 g/mol. The van der Waals surface area contributed by atoms with Crippen LogP contribution in [0.2, 0.25) is 5.15 Å². The fourth-order valence-electron chi connectivity index (χ4n) is 1.33. The molecule has 0 aromatic carbocycles. The van der Waals surface area contributed by atoms with Crippen LogP contribution in [0.5, 0.6) is 5.75 Å². The third kappa shape index (κ3) is 3.53. The third-order valence-corrected chi connectivity index (χ3v) is 2.42. The first-order valence-corrected chi connectivity index (χ1v) is 5.54. The summed E-state index contributed by atoms with van der Waals surface area (Å²) in [5.41, 5.74) is -0.258. The number of aromatic nitrogens is 1. The normalized spacial score (nSPS) is 10.6. The number of carbonyl (C=O) groups is 1. The van der Waals surface area contributed by atoms with E-state index in [1.807, 2.05) is 0 Å². The second-order valence-corrected chi connectivity index (χ2v) is 3.66. The van der Waals surface area contributed by atoms with Gasteiger partial charge in [0.15, 0.2) is 0 Å². The zero-order valence-corrected chi connectivity index (χ0v) is 10.6. The molecule has 1 heterocycles. The van der Waals surface area contributed by atoms with Crippen molar-refractivity contribution < 1.29 is 23.0 Å². The first-order chi connectivity index (χ1) is 8.49. The maximum absolute atomic E-state index is 12.6. The van der Waals surface area contributed by atoms with Crippen molar-refractivity contribution in [3.05, 3.63) is 22.5 Å². The molecule has 0 amide bonds. The zero-order valence-electron chi connectivity index (χ0n) is 9.87. The van der Waals surface area contributed by atoms with E-state index in [1.54, 1.807) is 6.92 Å². The van der Waals surface area contributed by atoms with Crippen molar-refractivity contribution in [1.82, 2.24) is 4.98 Å². The summed E-state index contributed by atoms with van der Waals surface area (Å²) >= 11 is 5.62. The molecule has 4 nitrogen and oxygen atoms in total. The van der Waals surface area contributed by atoms with Gasteiger partial charge in [-0.25, -0.2) is 13.8 Å². The number of rotatable bonds is 5. The highest BCUT2D eigenvalue weighted by Gasteiger charge is 2.19. The zero-order chi connectivity index (χ0) is 13.7. The van der Waals surface area contributed by atoms with Gasteiger partial charge in [0.2, 0.25) is 0 Å². The van der Waals surface area contributed by atoms with Crippen LogP contribution < -0.4 is 4.74 Å². The molecule has 0 unspecified atom stereocenters. The number of hydrogen-bond donors (Lipinski definition) is 0. The Morgan fingerprint density at radius 3 is 2.72 bits per heavy atom. The Kier molecular flexibility index (Phi) is 5.27. The van der Waals surface area contributed by atoms with Crippen LogP contribution >= 0.6 is 11.6 Å². The minimum Gasteiger partial charge on any atom is -0.495 e. The Labute approximate surface area is 108 Å². The monoisotopic (exact) mass is 279 g/mol. The second-order valence-electron chi connectivity index (χ2n) is 3.30. The SMILES string of the molecule is CCOC(=O)Cc1nc(Cl)c(C(F)F)cc1OC. The van der Waals surface area contributed by atoms with Crippen LogP contribution in [0.25, 0.3) is 0 Å². The van der Waals surface area contributed by atoms with Crippen LogP contribution in [0.1, 0.15) is 24.6 Å². The van der Waals surface area contributed by atoms with Crippen molar-refractivity contribution in [3.63, 3.8) is 0 Å². The van der Waals surface area contributed by atoms with Crippen LogP contribution in [-0.4, -0.2) is 24.7 Å². The highest BCUT2D eigenvalue weighted by atomic mass is 35.5. The van der Waals surface area contributed by atoms with Gasteiger partial charge < -0.3 is 9.47 Å². The number of pyridine rings is 1. The molecule has 1 aromatic heterocycles. The minimum atomic E-state index is -2.75. The van der Waals surface area contributed by atoms with Gasteiger partial charge in [-0.3, -0.25) is 4.79 Å². The Bertz CT molecular complexity index is 441. The lowest BCUT2D eigenvalue weighted by molar-refractivity contribution is -0.142. The van der Waals surface area contributed by atoms with E-state index in [0.717, 1.165) is 6.07 Å². The smallest absolute Gasteiger partial charge is 0.312 e. The topological polar surface area (TPSA) is 48.4 Å². The van der Waals surface area contributed by atoms with E-state index in [4.69, 9.17) is 21.1 Å². The van der Waals surface area contributed by atoms with Crippen molar-refractivity contribution >= 4 is 17.6 Å². The predicted molar refractivity (Wildman–Crippen MR) is 61.1 cm³/mol. The van der Waals surface area contributed by atoms with E-state index in [2.05, 4.69) is 4.98 Å². The molecule has 7 heteroatoms. The molecule has 0 atom stereocenters. The molecule has 0 saturated carbocycles. The van der Waals surface area contributed by atoms with E-state index >= 15 is 0 Å². The molecule has 0 spiro atoms. The first kappa shape index (κ1) is 14.6. The molecule has 0 radical (unpaired) electrons. The van der Waals surface area contributed by atoms with Crippen LogP contribution in [0.3, 0.4) is 0 Å². The maximum atomic E-state index is 12.6. The van der Waals surface area contributed by atoms with Crippen LogP contribution in [0.15, 0.2) is 6.07 Å². The summed E-state index contributed by atoms with van der Waals surface area (Å²) in [6, 6.07) is 1.08. The summed E-state index contributed by atoms with van der Waals surface area (Å²) in [5.74, 6) is -0.438. The second kappa shape index (κ2) is 6.49. The number of ether oxygens (including phenoxy) is 2. The number of carbonyl (C=O) groups excluding carboxylic acids is 1. The van der Waals surface area contributed by atoms with Crippen LogP contribution in [0.4, 0.5) is 8.78 Å². The van der Waals surface area contributed by atoms with Crippen molar-refractivity contribution in [1.29, 1.82) is 0 Å². The van der Waals surface area contributed by atoms with Gasteiger partial charge in [0.25, 0.3) is 6.43 Å². The van der Waals surface area contributed by atoms with Gasteiger partial charge in [0, 0.05) is 0 Å². The van der Waals surface area contributed by atoms with Gasteiger partial charge in [-0.05, 0) is 13.0 Å². The van der Waals surface area contributed by atoms with Crippen molar-refractivity contribution in [2.45, 2.75) is 19.8 Å². The quantitative estimate of drug-likeness (QED) is 0.614. The van der Waals surface area contributed by atoms with Gasteiger partial charge >= 0.3 is 5.97 Å². The lowest BCUT2D eigenvalue weighted by Gasteiger charge is -2.10. The predicted octanol–water partition coefficient (Wildman–Crippen LogP) is 2.79. The first-order valence-electron chi connectivity index (χ1n) is 5.16. The summed E-state index contributed by atoms with van der Waals surface area (Å²) < 4.78 is 34.8. The van der Waals surface area contributed by atoms with Crippen LogP contribution in [0, 0.1) is 0 Å². The average Bonchev–Trinajstić information content (AvgIpc) is 2.29. The largest absolute Gasteiger partial charge is 0.495 e. The molecule has 18 heavy (non-hydrogen) atoms. The Hall–Kier alpha value is -1.43. The van der Waals surface area contributed by atoms with Gasteiger partial charge in [-0.15, -0.1) is 0 Å². The molecule has 0 aliphatic carbocycles. The Morgan fingerprint density at radius 1 is 1.56 bits per heavy atom. The molecule has 0 bridgehead atoms. The van der Waals surface area contributed by atoms with E-state index < -0.39 is 18.0 Å². The molecule has 0 saturated heterocycles. The fraction of sp³-hybridized carbons (Fsp3) is 0.455. The lowest BCUT2D eigenvalue weighted by atomic mass is 10.2. The van der Waals surface area contributed by atoms with Gasteiger partial charge in [-0.2, -0.15) is 0 Å². The molecule has 0 aliphatic rings. The van der Waals surface area contributed by atoms with Crippen molar-refractivity contribution in [3.8, 4) is 5.75 Å².